The van der Waals surface area contributed by atoms with E-state index in [9.17, 15) is 4.79 Å². The number of aryl methyl sites for hydroxylation is 1. The van der Waals surface area contributed by atoms with E-state index in [4.69, 9.17) is 4.42 Å². The lowest BCUT2D eigenvalue weighted by Crippen LogP contribution is -2.25. The van der Waals surface area contributed by atoms with Gasteiger partial charge in [-0.25, -0.2) is 0 Å². The zero-order valence-electron chi connectivity index (χ0n) is 14.3. The maximum atomic E-state index is 12.4. The molecule has 4 nitrogen and oxygen atoms in total. The first kappa shape index (κ1) is 17.0. The number of rotatable bonds is 7. The standard InChI is InChI=1S/C21H22N2O2/c1-16-12-18(9-10-22-16)15-23-21(24)14-19(20-8-5-11-25-20)13-17-6-3-2-4-7-17/h2-12,19H,13-15H2,1H3,(H,23,24)/t19-/m0/s1. The monoisotopic (exact) mass is 334 g/mol. The number of benzene rings is 1. The third-order valence-corrected chi connectivity index (χ3v) is 4.15. The Balaban J connectivity index is 1.62. The van der Waals surface area contributed by atoms with Crippen LogP contribution in [0.1, 0.15) is 34.9 Å². The van der Waals surface area contributed by atoms with Gasteiger partial charge in [-0.05, 0) is 48.7 Å². The van der Waals surface area contributed by atoms with Crippen molar-refractivity contribution in [3.05, 3.63) is 89.6 Å². The fourth-order valence-electron chi connectivity index (χ4n) is 2.91. The van der Waals surface area contributed by atoms with Crippen LogP contribution in [0.2, 0.25) is 0 Å². The topological polar surface area (TPSA) is 55.1 Å². The summed E-state index contributed by atoms with van der Waals surface area (Å²) in [4.78, 5) is 16.6. The molecule has 0 saturated heterocycles. The second-order valence-electron chi connectivity index (χ2n) is 6.19. The Morgan fingerprint density at radius 1 is 1.12 bits per heavy atom. The Morgan fingerprint density at radius 3 is 2.68 bits per heavy atom. The molecule has 1 aromatic carbocycles. The molecule has 1 atom stereocenters. The Bertz CT molecular complexity index is 798. The van der Waals surface area contributed by atoms with Crippen LogP contribution in [-0.4, -0.2) is 10.9 Å². The molecule has 128 valence electrons. The maximum absolute atomic E-state index is 12.4. The van der Waals surface area contributed by atoms with Crippen molar-refractivity contribution >= 4 is 5.91 Å². The van der Waals surface area contributed by atoms with E-state index < -0.39 is 0 Å². The molecule has 0 aliphatic carbocycles. The van der Waals surface area contributed by atoms with Crippen molar-refractivity contribution in [2.45, 2.75) is 32.2 Å². The maximum Gasteiger partial charge on any atom is 0.221 e. The number of carbonyl (C=O) groups is 1. The molecule has 1 N–H and O–H groups in total. The summed E-state index contributed by atoms with van der Waals surface area (Å²) in [5.41, 5.74) is 3.20. The number of hydrogen-bond donors (Lipinski definition) is 1. The second kappa shape index (κ2) is 8.29. The summed E-state index contributed by atoms with van der Waals surface area (Å²) in [7, 11) is 0. The fraction of sp³-hybridized carbons (Fsp3) is 0.238. The van der Waals surface area contributed by atoms with E-state index in [1.54, 1.807) is 12.5 Å². The molecule has 0 saturated carbocycles. The molecule has 3 aromatic rings. The van der Waals surface area contributed by atoms with Crippen LogP contribution in [0.15, 0.2) is 71.5 Å². The first-order chi connectivity index (χ1) is 12.2. The number of nitrogens with zero attached hydrogens (tertiary/aromatic N) is 1. The van der Waals surface area contributed by atoms with Gasteiger partial charge in [-0.3, -0.25) is 9.78 Å². The van der Waals surface area contributed by atoms with Crippen LogP contribution in [-0.2, 0) is 17.8 Å². The largest absolute Gasteiger partial charge is 0.469 e. The van der Waals surface area contributed by atoms with Crippen molar-refractivity contribution < 1.29 is 9.21 Å². The summed E-state index contributed by atoms with van der Waals surface area (Å²) < 4.78 is 5.56. The Morgan fingerprint density at radius 2 is 1.96 bits per heavy atom. The van der Waals surface area contributed by atoms with E-state index in [-0.39, 0.29) is 11.8 Å². The molecule has 0 radical (unpaired) electrons. The van der Waals surface area contributed by atoms with Crippen molar-refractivity contribution in [3.8, 4) is 0 Å². The van der Waals surface area contributed by atoms with Crippen molar-refractivity contribution in [1.82, 2.24) is 10.3 Å². The van der Waals surface area contributed by atoms with Crippen LogP contribution in [0, 0.1) is 6.92 Å². The minimum atomic E-state index is 0.0202. The molecule has 0 fully saturated rings. The van der Waals surface area contributed by atoms with E-state index in [2.05, 4.69) is 22.4 Å². The zero-order chi connectivity index (χ0) is 17.5. The normalized spacial score (nSPS) is 11.9. The number of aromatic nitrogens is 1. The first-order valence-corrected chi connectivity index (χ1v) is 8.46. The number of carbonyl (C=O) groups excluding carboxylic acids is 1. The van der Waals surface area contributed by atoms with Crippen LogP contribution in [0.4, 0.5) is 0 Å². The molecule has 2 aromatic heterocycles. The first-order valence-electron chi connectivity index (χ1n) is 8.46. The van der Waals surface area contributed by atoms with Gasteiger partial charge in [0.25, 0.3) is 0 Å². The quantitative estimate of drug-likeness (QED) is 0.710. The predicted octanol–water partition coefficient (Wildman–Crippen LogP) is 4.02. The second-order valence-corrected chi connectivity index (χ2v) is 6.19. The Kier molecular flexibility index (Phi) is 5.62. The summed E-state index contributed by atoms with van der Waals surface area (Å²) in [6.45, 7) is 2.45. The molecule has 0 spiro atoms. The van der Waals surface area contributed by atoms with Gasteiger partial charge in [0.2, 0.25) is 5.91 Å². The van der Waals surface area contributed by atoms with Crippen molar-refractivity contribution in [3.63, 3.8) is 0 Å². The Labute approximate surface area is 147 Å². The molecule has 0 aliphatic rings. The van der Waals surface area contributed by atoms with Gasteiger partial charge >= 0.3 is 0 Å². The van der Waals surface area contributed by atoms with E-state index >= 15 is 0 Å². The van der Waals surface area contributed by atoms with Gasteiger partial charge in [-0.2, -0.15) is 0 Å². The van der Waals surface area contributed by atoms with Gasteiger partial charge in [0.1, 0.15) is 5.76 Å². The molecule has 4 heteroatoms. The molecule has 0 unspecified atom stereocenters. The lowest BCUT2D eigenvalue weighted by atomic mass is 9.93. The molecular formula is C21H22N2O2. The Hall–Kier alpha value is -2.88. The molecular weight excluding hydrogens is 312 g/mol. The lowest BCUT2D eigenvalue weighted by molar-refractivity contribution is -0.121. The van der Waals surface area contributed by atoms with E-state index in [1.807, 2.05) is 49.4 Å². The summed E-state index contributed by atoms with van der Waals surface area (Å²) in [6, 6.07) is 17.9. The molecule has 2 heterocycles. The third-order valence-electron chi connectivity index (χ3n) is 4.15. The number of hydrogen-bond acceptors (Lipinski definition) is 3. The van der Waals surface area contributed by atoms with Crippen molar-refractivity contribution in [2.75, 3.05) is 0 Å². The number of furan rings is 1. The number of pyridine rings is 1. The van der Waals surface area contributed by atoms with Gasteiger partial charge in [-0.1, -0.05) is 30.3 Å². The highest BCUT2D eigenvalue weighted by atomic mass is 16.3. The van der Waals surface area contributed by atoms with E-state index in [0.717, 1.165) is 23.4 Å². The smallest absolute Gasteiger partial charge is 0.221 e. The van der Waals surface area contributed by atoms with Crippen LogP contribution in [0.5, 0.6) is 0 Å². The van der Waals surface area contributed by atoms with Crippen LogP contribution < -0.4 is 5.32 Å². The number of amides is 1. The summed E-state index contributed by atoms with van der Waals surface area (Å²) in [5.74, 6) is 0.891. The van der Waals surface area contributed by atoms with Gasteiger partial charge < -0.3 is 9.73 Å². The molecule has 0 aliphatic heterocycles. The van der Waals surface area contributed by atoms with Crippen LogP contribution in [0.3, 0.4) is 0 Å². The van der Waals surface area contributed by atoms with Crippen LogP contribution in [0.25, 0.3) is 0 Å². The lowest BCUT2D eigenvalue weighted by Gasteiger charge is -2.15. The average molecular weight is 334 g/mol. The predicted molar refractivity (Wildman–Crippen MR) is 97.0 cm³/mol. The molecule has 3 rings (SSSR count). The highest BCUT2D eigenvalue weighted by Crippen LogP contribution is 2.25. The number of nitrogens with one attached hydrogen (secondary N) is 1. The minimum absolute atomic E-state index is 0.0202. The third kappa shape index (κ3) is 5.05. The summed E-state index contributed by atoms with van der Waals surface area (Å²) in [5, 5.41) is 3.00. The molecule has 1 amide bonds. The minimum Gasteiger partial charge on any atom is -0.469 e. The van der Waals surface area contributed by atoms with Gasteiger partial charge in [-0.15, -0.1) is 0 Å². The highest BCUT2D eigenvalue weighted by molar-refractivity contribution is 5.76. The van der Waals surface area contributed by atoms with E-state index in [1.165, 1.54) is 5.56 Å². The summed E-state index contributed by atoms with van der Waals surface area (Å²) >= 11 is 0. The van der Waals surface area contributed by atoms with Gasteiger partial charge in [0.05, 0.1) is 6.26 Å². The van der Waals surface area contributed by atoms with Crippen molar-refractivity contribution in [1.29, 1.82) is 0 Å². The van der Waals surface area contributed by atoms with Gasteiger partial charge in [0, 0.05) is 30.8 Å². The summed E-state index contributed by atoms with van der Waals surface area (Å²) in [6.07, 6.45) is 4.59. The van der Waals surface area contributed by atoms with Gasteiger partial charge in [0.15, 0.2) is 0 Å². The molecule has 25 heavy (non-hydrogen) atoms. The van der Waals surface area contributed by atoms with Crippen LogP contribution >= 0.6 is 0 Å². The fourth-order valence-corrected chi connectivity index (χ4v) is 2.91. The van der Waals surface area contributed by atoms with E-state index in [0.29, 0.717) is 13.0 Å². The van der Waals surface area contributed by atoms with Crippen molar-refractivity contribution in [2.24, 2.45) is 0 Å². The zero-order valence-corrected chi connectivity index (χ0v) is 14.3. The highest BCUT2D eigenvalue weighted by Gasteiger charge is 2.19. The average Bonchev–Trinajstić information content (AvgIpc) is 3.15. The molecule has 0 bridgehead atoms. The SMILES string of the molecule is Cc1cc(CNC(=O)C[C@H](Cc2ccccc2)c2ccco2)ccn1.